The van der Waals surface area contributed by atoms with Gasteiger partial charge in [0, 0.05) is 19.6 Å². The standard InChI is InChI=1S/C8H17NO2/c1-8(10)2-3-9-4-6-11-7-5-9/h8,10H,2-7H2,1H3/t8-/m1/s1. The van der Waals surface area contributed by atoms with Crippen LogP contribution in [0.5, 0.6) is 0 Å². The Morgan fingerprint density at radius 1 is 1.45 bits per heavy atom. The second kappa shape index (κ2) is 4.70. The molecule has 1 aliphatic rings. The second-order valence-electron chi connectivity index (χ2n) is 3.09. The van der Waals surface area contributed by atoms with Gasteiger partial charge in [-0.1, -0.05) is 0 Å². The molecule has 3 nitrogen and oxygen atoms in total. The SMILES string of the molecule is C[C@@H](O)CCN1CCOCC1. The van der Waals surface area contributed by atoms with E-state index in [0.29, 0.717) is 0 Å². The Balaban J connectivity index is 2.05. The van der Waals surface area contributed by atoms with Gasteiger partial charge in [-0.25, -0.2) is 0 Å². The lowest BCUT2D eigenvalue weighted by Crippen LogP contribution is -2.37. The predicted molar refractivity (Wildman–Crippen MR) is 43.6 cm³/mol. The fourth-order valence-corrected chi connectivity index (χ4v) is 1.19. The van der Waals surface area contributed by atoms with Gasteiger partial charge in [-0.15, -0.1) is 0 Å². The van der Waals surface area contributed by atoms with E-state index < -0.39 is 0 Å². The lowest BCUT2D eigenvalue weighted by Gasteiger charge is -2.26. The average molecular weight is 159 g/mol. The van der Waals surface area contributed by atoms with Crippen molar-refractivity contribution in [2.45, 2.75) is 19.4 Å². The van der Waals surface area contributed by atoms with E-state index in [9.17, 15) is 0 Å². The topological polar surface area (TPSA) is 32.7 Å². The summed E-state index contributed by atoms with van der Waals surface area (Å²) in [6.07, 6.45) is 0.706. The lowest BCUT2D eigenvalue weighted by molar-refractivity contribution is 0.0313. The maximum Gasteiger partial charge on any atom is 0.0594 e. The molecule has 0 aromatic carbocycles. The van der Waals surface area contributed by atoms with E-state index in [-0.39, 0.29) is 6.10 Å². The number of nitrogens with zero attached hydrogens (tertiary/aromatic N) is 1. The summed E-state index contributed by atoms with van der Waals surface area (Å²) >= 11 is 0. The summed E-state index contributed by atoms with van der Waals surface area (Å²) in [5, 5.41) is 9.03. The summed E-state index contributed by atoms with van der Waals surface area (Å²) < 4.78 is 5.20. The molecule has 66 valence electrons. The average Bonchev–Trinajstić information content (AvgIpc) is 2.03. The summed E-state index contributed by atoms with van der Waals surface area (Å²) in [7, 11) is 0. The van der Waals surface area contributed by atoms with Crippen molar-refractivity contribution < 1.29 is 9.84 Å². The number of morpholine rings is 1. The first-order valence-corrected chi connectivity index (χ1v) is 4.27. The number of aliphatic hydroxyl groups is 1. The van der Waals surface area contributed by atoms with Crippen LogP contribution in [0, 0.1) is 0 Å². The molecule has 0 bridgehead atoms. The second-order valence-corrected chi connectivity index (χ2v) is 3.09. The quantitative estimate of drug-likeness (QED) is 0.633. The van der Waals surface area contributed by atoms with Gasteiger partial charge in [-0.2, -0.15) is 0 Å². The fraction of sp³-hybridized carbons (Fsp3) is 1.00. The molecule has 0 amide bonds. The normalized spacial score (nSPS) is 23.5. The third-order valence-electron chi connectivity index (χ3n) is 1.97. The largest absolute Gasteiger partial charge is 0.393 e. The summed E-state index contributed by atoms with van der Waals surface area (Å²) in [6, 6.07) is 0. The first kappa shape index (κ1) is 8.97. The first-order chi connectivity index (χ1) is 5.29. The van der Waals surface area contributed by atoms with Crippen LogP contribution in [0.1, 0.15) is 13.3 Å². The molecule has 0 spiro atoms. The molecule has 1 fully saturated rings. The molecule has 1 rings (SSSR count). The molecule has 0 aromatic heterocycles. The molecule has 1 heterocycles. The van der Waals surface area contributed by atoms with Crippen LogP contribution in [0.2, 0.25) is 0 Å². The molecule has 0 aliphatic carbocycles. The van der Waals surface area contributed by atoms with Crippen molar-refractivity contribution in [3.63, 3.8) is 0 Å². The molecule has 1 atom stereocenters. The summed E-state index contributed by atoms with van der Waals surface area (Å²) in [4.78, 5) is 2.33. The van der Waals surface area contributed by atoms with Gasteiger partial charge < -0.3 is 9.84 Å². The Labute approximate surface area is 68.0 Å². The Bertz CT molecular complexity index is 100. The van der Waals surface area contributed by atoms with Crippen molar-refractivity contribution in [2.75, 3.05) is 32.8 Å². The van der Waals surface area contributed by atoms with E-state index in [4.69, 9.17) is 9.84 Å². The van der Waals surface area contributed by atoms with Gasteiger partial charge in [-0.3, -0.25) is 4.90 Å². The van der Waals surface area contributed by atoms with Gasteiger partial charge in [0.1, 0.15) is 0 Å². The van der Waals surface area contributed by atoms with Crippen LogP contribution in [-0.4, -0.2) is 49.0 Å². The van der Waals surface area contributed by atoms with Gasteiger partial charge >= 0.3 is 0 Å². The van der Waals surface area contributed by atoms with Crippen LogP contribution in [0.25, 0.3) is 0 Å². The Hall–Kier alpha value is -0.120. The molecule has 3 heteroatoms. The van der Waals surface area contributed by atoms with Crippen LogP contribution in [0.15, 0.2) is 0 Å². The minimum Gasteiger partial charge on any atom is -0.393 e. The molecule has 11 heavy (non-hydrogen) atoms. The van der Waals surface area contributed by atoms with Crippen LogP contribution < -0.4 is 0 Å². The maximum atomic E-state index is 9.03. The van der Waals surface area contributed by atoms with Crippen LogP contribution in [-0.2, 0) is 4.74 Å². The van der Waals surface area contributed by atoms with Gasteiger partial charge in [0.25, 0.3) is 0 Å². The Morgan fingerprint density at radius 2 is 2.09 bits per heavy atom. The first-order valence-electron chi connectivity index (χ1n) is 4.27. The smallest absolute Gasteiger partial charge is 0.0594 e. The minimum absolute atomic E-state index is 0.169. The molecule has 0 radical (unpaired) electrons. The predicted octanol–water partition coefficient (Wildman–Crippen LogP) is 0.0895. The van der Waals surface area contributed by atoms with Crippen LogP contribution in [0.3, 0.4) is 0 Å². The highest BCUT2D eigenvalue weighted by Crippen LogP contribution is 1.99. The highest BCUT2D eigenvalue weighted by molar-refractivity contribution is 4.62. The number of hydrogen-bond acceptors (Lipinski definition) is 3. The van der Waals surface area contributed by atoms with Crippen molar-refractivity contribution in [2.24, 2.45) is 0 Å². The Morgan fingerprint density at radius 3 is 2.64 bits per heavy atom. The van der Waals surface area contributed by atoms with Gasteiger partial charge in [0.2, 0.25) is 0 Å². The molecular formula is C8H17NO2. The van der Waals surface area contributed by atoms with E-state index in [2.05, 4.69) is 4.90 Å². The van der Waals surface area contributed by atoms with Gasteiger partial charge in [-0.05, 0) is 13.3 Å². The molecule has 1 saturated heterocycles. The monoisotopic (exact) mass is 159 g/mol. The fourth-order valence-electron chi connectivity index (χ4n) is 1.19. The van der Waals surface area contributed by atoms with Crippen molar-refractivity contribution >= 4 is 0 Å². The van der Waals surface area contributed by atoms with Gasteiger partial charge in [0.05, 0.1) is 19.3 Å². The number of rotatable bonds is 3. The molecular weight excluding hydrogens is 142 g/mol. The van der Waals surface area contributed by atoms with Crippen molar-refractivity contribution in [1.82, 2.24) is 4.90 Å². The van der Waals surface area contributed by atoms with E-state index in [1.54, 1.807) is 0 Å². The third kappa shape index (κ3) is 3.70. The van der Waals surface area contributed by atoms with Gasteiger partial charge in [0.15, 0.2) is 0 Å². The maximum absolute atomic E-state index is 9.03. The zero-order chi connectivity index (χ0) is 8.10. The van der Waals surface area contributed by atoms with E-state index in [0.717, 1.165) is 39.3 Å². The molecule has 1 N–H and O–H groups in total. The Kier molecular flexibility index (Phi) is 3.83. The molecule has 0 aromatic rings. The number of aliphatic hydroxyl groups excluding tert-OH is 1. The molecule has 0 unspecified atom stereocenters. The van der Waals surface area contributed by atoms with Crippen molar-refractivity contribution in [3.05, 3.63) is 0 Å². The highest BCUT2D eigenvalue weighted by atomic mass is 16.5. The van der Waals surface area contributed by atoms with Crippen LogP contribution >= 0.6 is 0 Å². The number of hydrogen-bond donors (Lipinski definition) is 1. The summed E-state index contributed by atoms with van der Waals surface area (Å²) in [5.74, 6) is 0. The van der Waals surface area contributed by atoms with Crippen LogP contribution in [0.4, 0.5) is 0 Å². The minimum atomic E-state index is -0.169. The molecule has 1 aliphatic heterocycles. The highest BCUT2D eigenvalue weighted by Gasteiger charge is 2.09. The molecule has 0 saturated carbocycles. The zero-order valence-electron chi connectivity index (χ0n) is 7.12. The number of ether oxygens (including phenoxy) is 1. The summed E-state index contributed by atoms with van der Waals surface area (Å²) in [6.45, 7) is 6.57. The van der Waals surface area contributed by atoms with E-state index in [1.807, 2.05) is 6.92 Å². The lowest BCUT2D eigenvalue weighted by atomic mass is 10.2. The summed E-state index contributed by atoms with van der Waals surface area (Å²) in [5.41, 5.74) is 0. The van der Waals surface area contributed by atoms with Crippen molar-refractivity contribution in [3.8, 4) is 0 Å². The third-order valence-corrected chi connectivity index (χ3v) is 1.97. The van der Waals surface area contributed by atoms with Crippen molar-refractivity contribution in [1.29, 1.82) is 0 Å². The van der Waals surface area contributed by atoms with E-state index >= 15 is 0 Å². The van der Waals surface area contributed by atoms with E-state index in [1.165, 1.54) is 0 Å². The zero-order valence-corrected chi connectivity index (χ0v) is 7.12.